The second kappa shape index (κ2) is 10.1. The van der Waals surface area contributed by atoms with Crippen LogP contribution in [0.5, 0.6) is 0 Å². The van der Waals surface area contributed by atoms with Gasteiger partial charge in [0.05, 0.1) is 11.2 Å². The van der Waals surface area contributed by atoms with Crippen molar-refractivity contribution >= 4 is 66.0 Å². The summed E-state index contributed by atoms with van der Waals surface area (Å²) in [4.78, 5) is 19.4. The maximum absolute atomic E-state index is 12.4. The van der Waals surface area contributed by atoms with E-state index in [-0.39, 0.29) is 12.1 Å². The van der Waals surface area contributed by atoms with E-state index in [0.29, 0.717) is 6.04 Å². The fourth-order valence-corrected chi connectivity index (χ4v) is 5.27. The first-order chi connectivity index (χ1) is 15.4. The van der Waals surface area contributed by atoms with E-state index >= 15 is 0 Å². The number of rotatable bonds is 5. The highest BCUT2D eigenvalue weighted by Crippen LogP contribution is 2.30. The highest BCUT2D eigenvalue weighted by molar-refractivity contribution is 9.11. The molecule has 32 heavy (non-hydrogen) atoms. The Kier molecular flexibility index (Phi) is 7.20. The van der Waals surface area contributed by atoms with Gasteiger partial charge in [-0.3, -0.25) is 0 Å². The van der Waals surface area contributed by atoms with Crippen LogP contribution in [-0.4, -0.2) is 37.2 Å². The molecule has 0 unspecified atom stereocenters. The summed E-state index contributed by atoms with van der Waals surface area (Å²) < 4.78 is 1.80. The zero-order valence-corrected chi connectivity index (χ0v) is 21.3. The topological polar surface area (TPSA) is 69.3 Å². The lowest BCUT2D eigenvalue weighted by molar-refractivity contribution is 0.243. The van der Waals surface area contributed by atoms with Gasteiger partial charge >= 0.3 is 6.03 Å². The van der Waals surface area contributed by atoms with Gasteiger partial charge in [-0.15, -0.1) is 0 Å². The highest BCUT2D eigenvalue weighted by Gasteiger charge is 2.23. The number of nitrogens with one attached hydrogen (secondary N) is 3. The van der Waals surface area contributed by atoms with Crippen LogP contribution in [0.15, 0.2) is 57.5 Å². The van der Waals surface area contributed by atoms with Crippen molar-refractivity contribution in [3.8, 4) is 0 Å². The molecule has 0 saturated heterocycles. The Morgan fingerprint density at radius 1 is 1.00 bits per heavy atom. The summed E-state index contributed by atoms with van der Waals surface area (Å²) in [7, 11) is 4.11. The molecular formula is C24H27Br2N5O. The number of carbonyl (C=O) groups is 1. The zero-order chi connectivity index (χ0) is 22.7. The first-order valence-electron chi connectivity index (χ1n) is 10.8. The molecule has 1 aromatic heterocycles. The normalized spacial score (nSPS) is 18.2. The molecule has 2 aromatic carbocycles. The van der Waals surface area contributed by atoms with Crippen LogP contribution < -0.4 is 20.9 Å². The number of nitrogens with zero attached hydrogens (tertiary/aromatic N) is 2. The third kappa shape index (κ3) is 5.53. The molecule has 0 aliphatic heterocycles. The molecule has 8 heteroatoms. The van der Waals surface area contributed by atoms with Gasteiger partial charge in [0.15, 0.2) is 0 Å². The summed E-state index contributed by atoms with van der Waals surface area (Å²) in [5, 5.41) is 10.8. The maximum atomic E-state index is 12.4. The highest BCUT2D eigenvalue weighted by atomic mass is 79.9. The monoisotopic (exact) mass is 559 g/mol. The molecule has 1 fully saturated rings. The number of benzene rings is 2. The van der Waals surface area contributed by atoms with Gasteiger partial charge < -0.3 is 20.9 Å². The summed E-state index contributed by atoms with van der Waals surface area (Å²) >= 11 is 6.90. The molecule has 0 atom stereocenters. The third-order valence-corrected chi connectivity index (χ3v) is 6.92. The van der Waals surface area contributed by atoms with E-state index in [1.54, 1.807) is 0 Å². The molecule has 4 rings (SSSR count). The molecule has 0 spiro atoms. The molecule has 2 amide bonds. The summed E-state index contributed by atoms with van der Waals surface area (Å²) in [5.41, 5.74) is 2.90. The Bertz CT molecular complexity index is 1110. The van der Waals surface area contributed by atoms with Crippen molar-refractivity contribution in [1.29, 1.82) is 0 Å². The number of aromatic nitrogens is 1. The molecule has 1 aliphatic carbocycles. The molecule has 1 aliphatic rings. The number of halogens is 2. The predicted molar refractivity (Wildman–Crippen MR) is 140 cm³/mol. The number of hydrogen-bond acceptors (Lipinski definition) is 4. The van der Waals surface area contributed by atoms with Gasteiger partial charge in [0.25, 0.3) is 0 Å². The number of hydrogen-bond donors (Lipinski definition) is 3. The van der Waals surface area contributed by atoms with Gasteiger partial charge in [0.2, 0.25) is 0 Å². The number of para-hydroxylation sites is 1. The number of pyridine rings is 1. The van der Waals surface area contributed by atoms with Crippen molar-refractivity contribution in [2.24, 2.45) is 0 Å². The Hall–Kier alpha value is -2.32. The van der Waals surface area contributed by atoms with E-state index in [0.717, 1.165) is 62.7 Å². The largest absolute Gasteiger partial charge is 0.377 e. The summed E-state index contributed by atoms with van der Waals surface area (Å²) in [6, 6.07) is 16.4. The first kappa shape index (κ1) is 22.9. The lowest BCUT2D eigenvalue weighted by Gasteiger charge is -2.30. The molecule has 6 nitrogen and oxygen atoms in total. The van der Waals surface area contributed by atoms with Crippen molar-refractivity contribution in [1.82, 2.24) is 10.3 Å². The third-order valence-electron chi connectivity index (χ3n) is 5.77. The van der Waals surface area contributed by atoms with Crippen LogP contribution in [0.1, 0.15) is 25.7 Å². The quantitative estimate of drug-likeness (QED) is 0.339. The van der Waals surface area contributed by atoms with Crippen molar-refractivity contribution in [3.63, 3.8) is 0 Å². The van der Waals surface area contributed by atoms with Gasteiger partial charge in [-0.05, 0) is 65.9 Å². The second-order valence-electron chi connectivity index (χ2n) is 8.35. The second-order valence-corrected chi connectivity index (χ2v) is 10.1. The van der Waals surface area contributed by atoms with E-state index in [1.165, 1.54) is 0 Å². The number of fused-ring (bicyclic) bond motifs is 1. The van der Waals surface area contributed by atoms with Crippen molar-refractivity contribution in [3.05, 3.63) is 57.5 Å². The SMILES string of the molecule is CN(C)c1cc(N[C@H]2CC[C@@H](NC(=O)Nc3ccc(Br)cc3Br)CC2)nc2ccccc12. The number of urea groups is 1. The molecule has 1 heterocycles. The maximum Gasteiger partial charge on any atom is 0.319 e. The van der Waals surface area contributed by atoms with Crippen LogP contribution in [0.25, 0.3) is 10.9 Å². The van der Waals surface area contributed by atoms with E-state index < -0.39 is 0 Å². The zero-order valence-electron chi connectivity index (χ0n) is 18.2. The first-order valence-corrected chi connectivity index (χ1v) is 12.3. The van der Waals surface area contributed by atoms with Gasteiger partial charge in [0.1, 0.15) is 5.82 Å². The molecule has 0 radical (unpaired) electrons. The van der Waals surface area contributed by atoms with Crippen LogP contribution in [0.4, 0.5) is 22.0 Å². The average molecular weight is 561 g/mol. The number of carbonyl (C=O) groups excluding carboxylic acids is 1. The smallest absolute Gasteiger partial charge is 0.319 e. The van der Waals surface area contributed by atoms with Gasteiger partial charge in [-0.1, -0.05) is 34.1 Å². The molecular weight excluding hydrogens is 534 g/mol. The van der Waals surface area contributed by atoms with Crippen LogP contribution in [0, 0.1) is 0 Å². The summed E-state index contributed by atoms with van der Waals surface area (Å²) in [6.45, 7) is 0. The van der Waals surface area contributed by atoms with Gasteiger partial charge in [-0.25, -0.2) is 9.78 Å². The lowest BCUT2D eigenvalue weighted by atomic mass is 9.91. The number of anilines is 3. The van der Waals surface area contributed by atoms with Crippen LogP contribution in [0.3, 0.4) is 0 Å². The standard InChI is InChI=1S/C24H27Br2N5O/c1-31(2)22-14-23(29-20-6-4-3-5-18(20)22)27-16-8-10-17(11-9-16)28-24(32)30-21-12-7-15(25)13-19(21)26/h3-7,12-14,16-17H,8-11H2,1-2H3,(H,27,29)(H2,28,30,32)/t16-,17+. The van der Waals surface area contributed by atoms with Crippen LogP contribution in [0.2, 0.25) is 0 Å². The van der Waals surface area contributed by atoms with Crippen molar-refractivity contribution in [2.75, 3.05) is 29.6 Å². The Morgan fingerprint density at radius 3 is 2.44 bits per heavy atom. The van der Waals surface area contributed by atoms with E-state index in [2.05, 4.69) is 85.0 Å². The minimum Gasteiger partial charge on any atom is -0.377 e. The molecule has 3 aromatic rings. The average Bonchev–Trinajstić information content (AvgIpc) is 2.76. The predicted octanol–water partition coefficient (Wildman–Crippen LogP) is 6.37. The summed E-state index contributed by atoms with van der Waals surface area (Å²) in [5.74, 6) is 0.904. The Morgan fingerprint density at radius 2 is 1.72 bits per heavy atom. The minimum atomic E-state index is -0.170. The van der Waals surface area contributed by atoms with Crippen LogP contribution in [-0.2, 0) is 0 Å². The van der Waals surface area contributed by atoms with Gasteiger partial charge in [0, 0.05) is 52.3 Å². The fraction of sp³-hybridized carbons (Fsp3) is 0.333. The summed E-state index contributed by atoms with van der Waals surface area (Å²) in [6.07, 6.45) is 3.83. The number of amides is 2. The lowest BCUT2D eigenvalue weighted by Crippen LogP contribution is -2.42. The molecule has 0 bridgehead atoms. The fourth-order valence-electron chi connectivity index (χ4n) is 4.13. The van der Waals surface area contributed by atoms with Crippen molar-refractivity contribution < 1.29 is 4.79 Å². The van der Waals surface area contributed by atoms with Gasteiger partial charge in [-0.2, -0.15) is 0 Å². The van der Waals surface area contributed by atoms with E-state index in [9.17, 15) is 4.79 Å². The Labute approximate surface area is 205 Å². The molecule has 168 valence electrons. The minimum absolute atomic E-state index is 0.170. The molecule has 1 saturated carbocycles. The van der Waals surface area contributed by atoms with E-state index in [1.807, 2.05) is 30.3 Å². The van der Waals surface area contributed by atoms with E-state index in [4.69, 9.17) is 4.98 Å². The Balaban J connectivity index is 1.32. The van der Waals surface area contributed by atoms with Crippen LogP contribution >= 0.6 is 31.9 Å². The molecule has 3 N–H and O–H groups in total. The van der Waals surface area contributed by atoms with Crippen molar-refractivity contribution in [2.45, 2.75) is 37.8 Å².